The highest BCUT2D eigenvalue weighted by Gasteiger charge is 2.23. The molecule has 1 fully saturated rings. The maximum Gasteiger partial charge on any atom is 0.322 e. The number of halogens is 2. The smallest absolute Gasteiger partial charge is 0.322 e. The third kappa shape index (κ3) is 5.17. The Morgan fingerprint density at radius 1 is 1.06 bits per heavy atom. The van der Waals surface area contributed by atoms with Gasteiger partial charge in [0.1, 0.15) is 17.5 Å². The zero-order chi connectivity index (χ0) is 24.4. The summed E-state index contributed by atoms with van der Waals surface area (Å²) in [4.78, 5) is 33.3. The van der Waals surface area contributed by atoms with Gasteiger partial charge in [0.15, 0.2) is 0 Å². The molecule has 1 aliphatic heterocycles. The van der Waals surface area contributed by atoms with Crippen LogP contribution in [0.15, 0.2) is 36.4 Å². The molecule has 0 atom stereocenters. The monoisotopic (exact) mass is 470 g/mol. The van der Waals surface area contributed by atoms with Gasteiger partial charge in [-0.15, -0.1) is 0 Å². The number of aromatic nitrogens is 2. The fourth-order valence-corrected chi connectivity index (χ4v) is 3.97. The molecule has 8 nitrogen and oxygen atoms in total. The third-order valence-electron chi connectivity index (χ3n) is 5.85. The standard InChI is InChI=1S/C24H28F2N6O2/c1-15(2)27-23(33)16-4-7-21-20(12-16)28-22(30(21)3)14-31-8-10-32(11-9-31)24(34)29-19-6-5-17(25)13-18(19)26/h4-7,12-13,15H,8-11,14H2,1-3H3,(H,27,33)(H,29,34). The van der Waals surface area contributed by atoms with Gasteiger partial charge in [0.25, 0.3) is 5.91 Å². The molecule has 0 aliphatic carbocycles. The molecule has 1 aromatic heterocycles. The normalized spacial score (nSPS) is 14.6. The van der Waals surface area contributed by atoms with Crippen molar-refractivity contribution < 1.29 is 18.4 Å². The van der Waals surface area contributed by atoms with Gasteiger partial charge < -0.3 is 20.1 Å². The highest BCUT2D eigenvalue weighted by Crippen LogP contribution is 2.20. The first-order valence-electron chi connectivity index (χ1n) is 11.2. The van der Waals surface area contributed by atoms with Crippen LogP contribution in [0, 0.1) is 11.6 Å². The summed E-state index contributed by atoms with van der Waals surface area (Å²) >= 11 is 0. The van der Waals surface area contributed by atoms with Gasteiger partial charge >= 0.3 is 6.03 Å². The lowest BCUT2D eigenvalue weighted by molar-refractivity contribution is 0.0943. The number of urea groups is 1. The molecule has 34 heavy (non-hydrogen) atoms. The topological polar surface area (TPSA) is 82.5 Å². The van der Waals surface area contributed by atoms with Crippen LogP contribution in [0.5, 0.6) is 0 Å². The first-order chi connectivity index (χ1) is 16.2. The molecule has 2 N–H and O–H groups in total. The first kappa shape index (κ1) is 23.6. The van der Waals surface area contributed by atoms with Gasteiger partial charge in [0, 0.05) is 50.9 Å². The van der Waals surface area contributed by atoms with Crippen LogP contribution >= 0.6 is 0 Å². The number of amides is 3. The van der Waals surface area contributed by atoms with E-state index in [0.29, 0.717) is 38.3 Å². The molecule has 0 unspecified atom stereocenters. The van der Waals surface area contributed by atoms with Crippen molar-refractivity contribution in [2.45, 2.75) is 26.4 Å². The van der Waals surface area contributed by atoms with Crippen LogP contribution in [-0.2, 0) is 13.6 Å². The third-order valence-corrected chi connectivity index (χ3v) is 5.85. The number of carbonyl (C=O) groups excluding carboxylic acids is 2. The van der Waals surface area contributed by atoms with Crippen molar-refractivity contribution in [2.24, 2.45) is 7.05 Å². The lowest BCUT2D eigenvalue weighted by Gasteiger charge is -2.34. The Morgan fingerprint density at radius 3 is 2.47 bits per heavy atom. The van der Waals surface area contributed by atoms with E-state index in [1.165, 1.54) is 6.07 Å². The predicted octanol–water partition coefficient (Wildman–Crippen LogP) is 3.34. The Labute approximate surface area is 196 Å². The summed E-state index contributed by atoms with van der Waals surface area (Å²) in [5.74, 6) is -0.762. The average Bonchev–Trinajstić information content (AvgIpc) is 3.10. The molecule has 2 aromatic carbocycles. The largest absolute Gasteiger partial charge is 0.350 e. The minimum absolute atomic E-state index is 0.0463. The van der Waals surface area contributed by atoms with E-state index in [4.69, 9.17) is 4.98 Å². The Kier molecular flexibility index (Phi) is 6.78. The van der Waals surface area contributed by atoms with Crippen molar-refractivity contribution in [1.82, 2.24) is 24.7 Å². The number of nitrogens with one attached hydrogen (secondary N) is 2. The van der Waals surface area contributed by atoms with E-state index in [2.05, 4.69) is 15.5 Å². The number of nitrogens with zero attached hydrogens (tertiary/aromatic N) is 4. The lowest BCUT2D eigenvalue weighted by Crippen LogP contribution is -2.49. The molecule has 1 aliphatic rings. The molecule has 180 valence electrons. The van der Waals surface area contributed by atoms with Crippen molar-refractivity contribution in [3.63, 3.8) is 0 Å². The highest BCUT2D eigenvalue weighted by atomic mass is 19.1. The Hall–Kier alpha value is -3.53. The molecule has 2 heterocycles. The van der Waals surface area contributed by atoms with Crippen molar-refractivity contribution in [3.8, 4) is 0 Å². The number of aryl methyl sites for hydroxylation is 1. The number of fused-ring (bicyclic) bond motifs is 1. The number of piperazine rings is 1. The van der Waals surface area contributed by atoms with Crippen molar-refractivity contribution >= 4 is 28.7 Å². The van der Waals surface area contributed by atoms with E-state index in [0.717, 1.165) is 29.0 Å². The summed E-state index contributed by atoms with van der Waals surface area (Å²) < 4.78 is 28.9. The van der Waals surface area contributed by atoms with Crippen LogP contribution in [0.25, 0.3) is 11.0 Å². The zero-order valence-corrected chi connectivity index (χ0v) is 19.4. The quantitative estimate of drug-likeness (QED) is 0.599. The second-order valence-corrected chi connectivity index (χ2v) is 8.74. The average molecular weight is 471 g/mol. The van der Waals surface area contributed by atoms with Gasteiger partial charge in [0.2, 0.25) is 0 Å². The first-order valence-corrected chi connectivity index (χ1v) is 11.2. The summed E-state index contributed by atoms with van der Waals surface area (Å²) in [5.41, 5.74) is 2.22. The number of rotatable bonds is 5. The predicted molar refractivity (Wildman–Crippen MR) is 126 cm³/mol. The van der Waals surface area contributed by atoms with E-state index in [1.54, 1.807) is 17.0 Å². The van der Waals surface area contributed by atoms with Crippen LogP contribution in [0.2, 0.25) is 0 Å². The van der Waals surface area contributed by atoms with E-state index >= 15 is 0 Å². The molecule has 4 rings (SSSR count). The fourth-order valence-electron chi connectivity index (χ4n) is 3.97. The van der Waals surface area contributed by atoms with Crippen molar-refractivity contribution in [2.75, 3.05) is 31.5 Å². The number of benzene rings is 2. The van der Waals surface area contributed by atoms with Crippen LogP contribution in [-0.4, -0.2) is 63.5 Å². The number of imidazole rings is 1. The minimum Gasteiger partial charge on any atom is -0.350 e. The van der Waals surface area contributed by atoms with E-state index < -0.39 is 17.7 Å². The second-order valence-electron chi connectivity index (χ2n) is 8.74. The molecule has 3 amide bonds. The summed E-state index contributed by atoms with van der Waals surface area (Å²) in [6, 6.07) is 8.19. The molecular weight excluding hydrogens is 442 g/mol. The van der Waals surface area contributed by atoms with Crippen LogP contribution in [0.1, 0.15) is 30.0 Å². The number of hydrogen-bond donors (Lipinski definition) is 2. The highest BCUT2D eigenvalue weighted by molar-refractivity contribution is 5.97. The van der Waals surface area contributed by atoms with Crippen molar-refractivity contribution in [3.05, 3.63) is 59.4 Å². The molecule has 1 saturated heterocycles. The van der Waals surface area contributed by atoms with Gasteiger partial charge in [0.05, 0.1) is 23.3 Å². The van der Waals surface area contributed by atoms with Crippen LogP contribution < -0.4 is 10.6 Å². The maximum atomic E-state index is 13.8. The Balaban J connectivity index is 1.37. The summed E-state index contributed by atoms with van der Waals surface area (Å²) in [6.45, 7) is 6.63. The van der Waals surface area contributed by atoms with Gasteiger partial charge in [-0.25, -0.2) is 18.6 Å². The molecular formula is C24H28F2N6O2. The van der Waals surface area contributed by atoms with Gasteiger partial charge in [-0.1, -0.05) is 0 Å². The van der Waals surface area contributed by atoms with Gasteiger partial charge in [-0.3, -0.25) is 9.69 Å². The van der Waals surface area contributed by atoms with E-state index in [-0.39, 0.29) is 17.6 Å². The molecule has 3 aromatic rings. The van der Waals surface area contributed by atoms with Gasteiger partial charge in [-0.2, -0.15) is 0 Å². The lowest BCUT2D eigenvalue weighted by atomic mass is 10.2. The molecule has 0 bridgehead atoms. The second kappa shape index (κ2) is 9.76. The fraction of sp³-hybridized carbons (Fsp3) is 0.375. The summed E-state index contributed by atoms with van der Waals surface area (Å²) in [5, 5.41) is 5.39. The number of carbonyl (C=O) groups is 2. The SMILES string of the molecule is CC(C)NC(=O)c1ccc2c(c1)nc(CN1CCN(C(=O)Nc3ccc(F)cc3F)CC1)n2C. The van der Waals surface area contributed by atoms with E-state index in [1.807, 2.05) is 31.5 Å². The van der Waals surface area contributed by atoms with E-state index in [9.17, 15) is 18.4 Å². The summed E-state index contributed by atoms with van der Waals surface area (Å²) in [6.07, 6.45) is 0. The minimum atomic E-state index is -0.807. The van der Waals surface area contributed by atoms with Crippen LogP contribution in [0.4, 0.5) is 19.3 Å². The number of anilines is 1. The molecule has 10 heteroatoms. The van der Waals surface area contributed by atoms with Crippen molar-refractivity contribution in [1.29, 1.82) is 0 Å². The number of hydrogen-bond acceptors (Lipinski definition) is 4. The molecule has 0 spiro atoms. The molecule has 0 radical (unpaired) electrons. The zero-order valence-electron chi connectivity index (χ0n) is 19.4. The maximum absolute atomic E-state index is 13.8. The molecule has 0 saturated carbocycles. The van der Waals surface area contributed by atoms with Gasteiger partial charge in [-0.05, 0) is 44.2 Å². The Morgan fingerprint density at radius 2 is 1.79 bits per heavy atom. The van der Waals surface area contributed by atoms with Crippen LogP contribution in [0.3, 0.4) is 0 Å². The Bertz CT molecular complexity index is 1220. The summed E-state index contributed by atoms with van der Waals surface area (Å²) in [7, 11) is 1.94.